The first-order valence-electron chi connectivity index (χ1n) is 8.83. The van der Waals surface area contributed by atoms with Crippen molar-refractivity contribution in [3.8, 4) is 5.88 Å². The zero-order valence-electron chi connectivity index (χ0n) is 15.9. The molecule has 0 saturated carbocycles. The second-order valence-electron chi connectivity index (χ2n) is 6.60. The molecular formula is C20H21N3O4S. The van der Waals surface area contributed by atoms with E-state index in [0.29, 0.717) is 11.6 Å². The van der Waals surface area contributed by atoms with Crippen LogP contribution in [0.3, 0.4) is 0 Å². The number of methoxy groups -OCH3 is 1. The van der Waals surface area contributed by atoms with Crippen molar-refractivity contribution in [2.45, 2.75) is 32.6 Å². The lowest BCUT2D eigenvalue weighted by Crippen LogP contribution is -2.19. The molecule has 3 aromatic rings. The summed E-state index contributed by atoms with van der Waals surface area (Å²) in [6.45, 7) is 4.25. The summed E-state index contributed by atoms with van der Waals surface area (Å²) in [6.07, 6.45) is 5.33. The van der Waals surface area contributed by atoms with Gasteiger partial charge in [0.25, 0.3) is 5.56 Å². The van der Waals surface area contributed by atoms with Crippen LogP contribution in [0.15, 0.2) is 34.6 Å². The van der Waals surface area contributed by atoms with Crippen LogP contribution < -0.4 is 10.3 Å². The number of hydrogen-bond donors (Lipinski definition) is 1. The Morgan fingerprint density at radius 1 is 1.36 bits per heavy atom. The Kier molecular flexibility index (Phi) is 5.89. The van der Waals surface area contributed by atoms with E-state index in [4.69, 9.17) is 9.84 Å². The molecule has 3 rings (SSSR count). The topological polar surface area (TPSA) is 93.8 Å². The number of rotatable bonds is 7. The smallest absolute Gasteiger partial charge is 0.328 e. The Bertz CT molecular complexity index is 1100. The highest BCUT2D eigenvalue weighted by Crippen LogP contribution is 2.20. The van der Waals surface area contributed by atoms with Gasteiger partial charge in [0.05, 0.1) is 17.8 Å². The molecule has 0 spiro atoms. The first-order valence-corrected chi connectivity index (χ1v) is 9.71. The molecule has 0 unspecified atom stereocenters. The van der Waals surface area contributed by atoms with Crippen LogP contribution in [0.2, 0.25) is 0 Å². The molecule has 1 N–H and O–H groups in total. The molecule has 0 aliphatic heterocycles. The standard InChI is InChI=1S/C20H21N3O4S/c1-12(2)15-11-28-17(21-15)6-4-13-8-9-23-16(10-13)22-19(27-3)14(20(23)26)5-7-18(24)25/h5,7-12H,4,6H2,1-3H3,(H,24,25). The summed E-state index contributed by atoms with van der Waals surface area (Å²) in [4.78, 5) is 32.4. The van der Waals surface area contributed by atoms with E-state index in [0.717, 1.165) is 35.2 Å². The van der Waals surface area contributed by atoms with Gasteiger partial charge in [-0.2, -0.15) is 4.98 Å². The summed E-state index contributed by atoms with van der Waals surface area (Å²) >= 11 is 1.66. The lowest BCUT2D eigenvalue weighted by atomic mass is 10.1. The van der Waals surface area contributed by atoms with Crippen LogP contribution in [-0.4, -0.2) is 32.6 Å². The number of aryl methyl sites for hydroxylation is 2. The average molecular weight is 399 g/mol. The van der Waals surface area contributed by atoms with Crippen LogP contribution in [0.5, 0.6) is 5.88 Å². The Labute approximate surface area is 166 Å². The summed E-state index contributed by atoms with van der Waals surface area (Å²) in [5, 5.41) is 12.0. The maximum Gasteiger partial charge on any atom is 0.328 e. The summed E-state index contributed by atoms with van der Waals surface area (Å²) in [7, 11) is 1.40. The average Bonchev–Trinajstić information content (AvgIpc) is 3.14. The van der Waals surface area contributed by atoms with E-state index in [-0.39, 0.29) is 17.0 Å². The fraction of sp³-hybridized carbons (Fsp3) is 0.300. The van der Waals surface area contributed by atoms with Gasteiger partial charge >= 0.3 is 5.97 Å². The van der Waals surface area contributed by atoms with Crippen molar-refractivity contribution in [2.75, 3.05) is 7.11 Å². The molecule has 0 radical (unpaired) electrons. The number of carboxylic acid groups (broad SMARTS) is 1. The lowest BCUT2D eigenvalue weighted by molar-refractivity contribution is -0.131. The number of aliphatic carboxylic acids is 1. The Morgan fingerprint density at radius 2 is 2.14 bits per heavy atom. The molecule has 3 aromatic heterocycles. The lowest BCUT2D eigenvalue weighted by Gasteiger charge is -2.08. The quantitative estimate of drug-likeness (QED) is 0.614. The van der Waals surface area contributed by atoms with Crippen molar-refractivity contribution in [3.05, 3.63) is 62.0 Å². The number of aromatic nitrogens is 3. The fourth-order valence-corrected chi connectivity index (χ4v) is 3.70. The number of fused-ring (bicyclic) bond motifs is 1. The van der Waals surface area contributed by atoms with E-state index >= 15 is 0 Å². The number of carboxylic acids is 1. The van der Waals surface area contributed by atoms with Crippen molar-refractivity contribution in [2.24, 2.45) is 0 Å². The van der Waals surface area contributed by atoms with Crippen molar-refractivity contribution < 1.29 is 14.6 Å². The largest absolute Gasteiger partial charge is 0.480 e. The molecular weight excluding hydrogens is 378 g/mol. The first-order chi connectivity index (χ1) is 13.4. The second-order valence-corrected chi connectivity index (χ2v) is 7.54. The van der Waals surface area contributed by atoms with Gasteiger partial charge in [-0.05, 0) is 36.1 Å². The predicted octanol–water partition coefficient (Wildman–Crippen LogP) is 3.17. The molecule has 0 aromatic carbocycles. The van der Waals surface area contributed by atoms with Crippen molar-refractivity contribution in [1.29, 1.82) is 0 Å². The van der Waals surface area contributed by atoms with Gasteiger partial charge in [-0.3, -0.25) is 9.20 Å². The zero-order chi connectivity index (χ0) is 20.3. The third-order valence-corrected chi connectivity index (χ3v) is 5.20. The molecule has 0 atom stereocenters. The molecule has 7 nitrogen and oxygen atoms in total. The Morgan fingerprint density at radius 3 is 2.79 bits per heavy atom. The molecule has 3 heterocycles. The summed E-state index contributed by atoms with van der Waals surface area (Å²) in [6, 6.07) is 3.70. The molecule has 8 heteroatoms. The first kappa shape index (κ1) is 19.8. The summed E-state index contributed by atoms with van der Waals surface area (Å²) < 4.78 is 6.57. The SMILES string of the molecule is COc1nc2cc(CCc3nc(C(C)C)cs3)ccn2c(=O)c1C=CC(=O)O. The highest BCUT2D eigenvalue weighted by atomic mass is 32.1. The van der Waals surface area contributed by atoms with E-state index in [9.17, 15) is 9.59 Å². The van der Waals surface area contributed by atoms with Gasteiger partial charge in [0, 0.05) is 24.1 Å². The third kappa shape index (κ3) is 4.28. The molecule has 28 heavy (non-hydrogen) atoms. The van der Waals surface area contributed by atoms with Crippen LogP contribution in [0.1, 0.15) is 41.6 Å². The molecule has 0 aliphatic rings. The van der Waals surface area contributed by atoms with Crippen LogP contribution in [-0.2, 0) is 17.6 Å². The van der Waals surface area contributed by atoms with Crippen molar-refractivity contribution >= 4 is 29.0 Å². The number of pyridine rings is 1. The molecule has 0 amide bonds. The van der Waals surface area contributed by atoms with Gasteiger partial charge < -0.3 is 9.84 Å². The number of ether oxygens (including phenoxy) is 1. The van der Waals surface area contributed by atoms with Crippen molar-refractivity contribution in [3.63, 3.8) is 0 Å². The van der Waals surface area contributed by atoms with Gasteiger partial charge in [0.2, 0.25) is 5.88 Å². The number of hydrogen-bond acceptors (Lipinski definition) is 6. The molecule has 0 bridgehead atoms. The van der Waals surface area contributed by atoms with Crippen LogP contribution in [0, 0.1) is 0 Å². The minimum Gasteiger partial charge on any atom is -0.480 e. The third-order valence-electron chi connectivity index (χ3n) is 4.27. The van der Waals surface area contributed by atoms with E-state index in [2.05, 4.69) is 29.2 Å². The number of carbonyl (C=O) groups is 1. The maximum absolute atomic E-state index is 12.7. The van der Waals surface area contributed by atoms with Crippen LogP contribution in [0.4, 0.5) is 0 Å². The normalized spacial score (nSPS) is 11.6. The molecule has 0 aliphatic carbocycles. The second kappa shape index (κ2) is 8.35. The number of nitrogens with zero attached hydrogens (tertiary/aromatic N) is 3. The Hall–Kier alpha value is -3.00. The van der Waals surface area contributed by atoms with E-state index in [1.165, 1.54) is 17.6 Å². The van der Waals surface area contributed by atoms with Gasteiger partial charge in [0.1, 0.15) is 11.2 Å². The van der Waals surface area contributed by atoms with Crippen LogP contribution >= 0.6 is 11.3 Å². The zero-order valence-corrected chi connectivity index (χ0v) is 16.7. The number of thiazole rings is 1. The molecule has 146 valence electrons. The van der Waals surface area contributed by atoms with Gasteiger partial charge in [-0.1, -0.05) is 13.8 Å². The predicted molar refractivity (Wildman–Crippen MR) is 108 cm³/mol. The fourth-order valence-electron chi connectivity index (χ4n) is 2.74. The highest BCUT2D eigenvalue weighted by Gasteiger charge is 2.12. The maximum atomic E-state index is 12.7. The van der Waals surface area contributed by atoms with Gasteiger partial charge in [0.15, 0.2) is 0 Å². The Balaban J connectivity index is 1.89. The van der Waals surface area contributed by atoms with E-state index in [1.54, 1.807) is 17.5 Å². The van der Waals surface area contributed by atoms with Gasteiger partial charge in [-0.15, -0.1) is 11.3 Å². The van der Waals surface area contributed by atoms with Crippen LogP contribution in [0.25, 0.3) is 11.7 Å². The summed E-state index contributed by atoms with van der Waals surface area (Å²) in [5.41, 5.74) is 2.31. The highest BCUT2D eigenvalue weighted by molar-refractivity contribution is 7.09. The molecule has 0 saturated heterocycles. The minimum absolute atomic E-state index is 0.0964. The van der Waals surface area contributed by atoms with E-state index < -0.39 is 5.97 Å². The van der Waals surface area contributed by atoms with Crippen molar-refractivity contribution in [1.82, 2.24) is 14.4 Å². The van der Waals surface area contributed by atoms with Gasteiger partial charge in [-0.25, -0.2) is 9.78 Å². The summed E-state index contributed by atoms with van der Waals surface area (Å²) in [5.74, 6) is -0.635. The van der Waals surface area contributed by atoms with E-state index in [1.807, 2.05) is 12.1 Å². The monoisotopic (exact) mass is 399 g/mol. The molecule has 0 fully saturated rings. The minimum atomic E-state index is -1.15.